The Morgan fingerprint density at radius 2 is 2.40 bits per heavy atom. The van der Waals surface area contributed by atoms with E-state index in [1.165, 1.54) is 0 Å². The summed E-state index contributed by atoms with van der Waals surface area (Å²) in [5.41, 5.74) is 0. The first-order valence-electron chi connectivity index (χ1n) is 4.54. The van der Waals surface area contributed by atoms with Gasteiger partial charge in [-0.05, 0) is 17.5 Å². The largest absolute Gasteiger partial charge is 0.384 e. The van der Waals surface area contributed by atoms with Crippen LogP contribution in [0.2, 0.25) is 5.28 Å². The summed E-state index contributed by atoms with van der Waals surface area (Å²) in [5.74, 6) is -0.120. The third-order valence-electron chi connectivity index (χ3n) is 1.78. The van der Waals surface area contributed by atoms with E-state index in [1.807, 2.05) is 6.92 Å². The second-order valence-electron chi connectivity index (χ2n) is 3.28. The van der Waals surface area contributed by atoms with Gasteiger partial charge in [-0.2, -0.15) is 4.98 Å². The molecule has 1 heterocycles. The maximum Gasteiger partial charge on any atom is 0.224 e. The molecular formula is C9H13ClFN3O. The number of rotatable bonds is 5. The lowest BCUT2D eigenvalue weighted by Crippen LogP contribution is -2.17. The molecule has 0 radical (unpaired) electrons. The predicted molar refractivity (Wildman–Crippen MR) is 56.5 cm³/mol. The van der Waals surface area contributed by atoms with Gasteiger partial charge in [0.2, 0.25) is 5.28 Å². The maximum atomic E-state index is 13.1. The van der Waals surface area contributed by atoms with Gasteiger partial charge in [0, 0.05) is 13.7 Å². The van der Waals surface area contributed by atoms with E-state index in [-0.39, 0.29) is 17.0 Å². The lowest BCUT2D eigenvalue weighted by atomic mass is 10.2. The van der Waals surface area contributed by atoms with E-state index in [1.54, 1.807) is 7.11 Å². The molecule has 6 heteroatoms. The third-order valence-corrected chi connectivity index (χ3v) is 1.97. The molecule has 84 valence electrons. The molecular weight excluding hydrogens is 221 g/mol. The second kappa shape index (κ2) is 5.82. The summed E-state index contributed by atoms with van der Waals surface area (Å²) in [7, 11) is 1.62. The number of nitrogens with zero attached hydrogens (tertiary/aromatic N) is 2. The molecule has 0 bridgehead atoms. The van der Waals surface area contributed by atoms with Crippen molar-refractivity contribution in [3.8, 4) is 0 Å². The highest BCUT2D eigenvalue weighted by Gasteiger charge is 2.07. The van der Waals surface area contributed by atoms with Crippen LogP contribution in [0.15, 0.2) is 6.20 Å². The summed E-state index contributed by atoms with van der Waals surface area (Å²) in [4.78, 5) is 7.25. The van der Waals surface area contributed by atoms with E-state index in [4.69, 9.17) is 16.3 Å². The zero-order valence-electron chi connectivity index (χ0n) is 8.63. The molecule has 15 heavy (non-hydrogen) atoms. The summed E-state index contributed by atoms with van der Waals surface area (Å²) >= 11 is 5.54. The monoisotopic (exact) mass is 233 g/mol. The Balaban J connectivity index is 2.53. The Morgan fingerprint density at radius 3 is 3.07 bits per heavy atom. The van der Waals surface area contributed by atoms with E-state index in [2.05, 4.69) is 15.3 Å². The Labute approximate surface area is 92.8 Å². The van der Waals surface area contributed by atoms with Gasteiger partial charge in [-0.1, -0.05) is 6.92 Å². The van der Waals surface area contributed by atoms with Crippen LogP contribution in [0.1, 0.15) is 6.92 Å². The SMILES string of the molecule is COCC(C)CNc1nc(Cl)ncc1F. The molecule has 1 aromatic rings. The van der Waals surface area contributed by atoms with Crippen LogP contribution in [0.3, 0.4) is 0 Å². The fraction of sp³-hybridized carbons (Fsp3) is 0.556. The Bertz CT molecular complexity index is 324. The molecule has 1 aromatic heterocycles. The van der Waals surface area contributed by atoms with Crippen molar-refractivity contribution in [1.29, 1.82) is 0 Å². The first-order chi connectivity index (χ1) is 7.13. The van der Waals surface area contributed by atoms with Gasteiger partial charge in [0.25, 0.3) is 0 Å². The summed E-state index contributed by atoms with van der Waals surface area (Å²) in [6, 6.07) is 0. The minimum atomic E-state index is -0.510. The van der Waals surface area contributed by atoms with E-state index in [0.717, 1.165) is 6.20 Å². The highest BCUT2D eigenvalue weighted by Crippen LogP contribution is 2.12. The van der Waals surface area contributed by atoms with Crippen LogP contribution in [0.4, 0.5) is 10.2 Å². The Hall–Kier alpha value is -0.940. The molecule has 0 spiro atoms. The zero-order chi connectivity index (χ0) is 11.3. The standard InChI is InChI=1S/C9H13ClFN3O/c1-6(5-15-2)3-12-8-7(11)4-13-9(10)14-8/h4,6H,3,5H2,1-2H3,(H,12,13,14). The van der Waals surface area contributed by atoms with Crippen LogP contribution in [-0.2, 0) is 4.74 Å². The second-order valence-corrected chi connectivity index (χ2v) is 3.62. The molecule has 0 aromatic carbocycles. The van der Waals surface area contributed by atoms with E-state index in [9.17, 15) is 4.39 Å². The van der Waals surface area contributed by atoms with Gasteiger partial charge in [-0.3, -0.25) is 0 Å². The molecule has 0 fully saturated rings. The third kappa shape index (κ3) is 3.97. The first kappa shape index (κ1) is 12.1. The van der Waals surface area contributed by atoms with Crippen LogP contribution in [0, 0.1) is 11.7 Å². The lowest BCUT2D eigenvalue weighted by molar-refractivity contribution is 0.164. The summed E-state index contributed by atoms with van der Waals surface area (Å²) < 4.78 is 18.1. The minimum absolute atomic E-state index is 0.0262. The van der Waals surface area contributed by atoms with Crippen molar-refractivity contribution >= 4 is 17.4 Å². The summed E-state index contributed by atoms with van der Waals surface area (Å²) in [6.45, 7) is 3.16. The molecule has 1 atom stereocenters. The molecule has 0 saturated carbocycles. The fourth-order valence-electron chi connectivity index (χ4n) is 1.08. The van der Waals surface area contributed by atoms with Gasteiger partial charge in [-0.25, -0.2) is 9.37 Å². The van der Waals surface area contributed by atoms with Crippen molar-refractivity contribution in [3.63, 3.8) is 0 Å². The highest BCUT2D eigenvalue weighted by atomic mass is 35.5. The van der Waals surface area contributed by atoms with Crippen LogP contribution in [-0.4, -0.2) is 30.2 Å². The fourth-order valence-corrected chi connectivity index (χ4v) is 1.22. The van der Waals surface area contributed by atoms with Crippen molar-refractivity contribution in [3.05, 3.63) is 17.3 Å². The summed E-state index contributed by atoms with van der Waals surface area (Å²) in [5, 5.41) is 2.87. The van der Waals surface area contributed by atoms with Gasteiger partial charge in [0.05, 0.1) is 12.8 Å². The summed E-state index contributed by atoms with van der Waals surface area (Å²) in [6.07, 6.45) is 1.04. The van der Waals surface area contributed by atoms with Gasteiger partial charge < -0.3 is 10.1 Å². The van der Waals surface area contributed by atoms with Gasteiger partial charge in [-0.15, -0.1) is 0 Å². The number of ether oxygens (including phenoxy) is 1. The first-order valence-corrected chi connectivity index (χ1v) is 4.92. The van der Waals surface area contributed by atoms with Crippen molar-refractivity contribution < 1.29 is 9.13 Å². The van der Waals surface area contributed by atoms with Crippen molar-refractivity contribution in [2.75, 3.05) is 25.6 Å². The molecule has 0 aliphatic carbocycles. The molecule has 0 aliphatic rings. The topological polar surface area (TPSA) is 47.0 Å². The van der Waals surface area contributed by atoms with Crippen LogP contribution in [0.5, 0.6) is 0 Å². The van der Waals surface area contributed by atoms with Crippen LogP contribution < -0.4 is 5.32 Å². The Kier molecular flexibility index (Phi) is 4.71. The average Bonchev–Trinajstić information content (AvgIpc) is 2.20. The van der Waals surface area contributed by atoms with E-state index >= 15 is 0 Å². The van der Waals surface area contributed by atoms with Crippen LogP contribution in [0.25, 0.3) is 0 Å². The average molecular weight is 234 g/mol. The molecule has 1 N–H and O–H groups in total. The van der Waals surface area contributed by atoms with E-state index in [0.29, 0.717) is 13.2 Å². The van der Waals surface area contributed by atoms with E-state index < -0.39 is 5.82 Å². The number of hydrogen-bond acceptors (Lipinski definition) is 4. The zero-order valence-corrected chi connectivity index (χ0v) is 9.38. The quantitative estimate of drug-likeness (QED) is 0.790. The smallest absolute Gasteiger partial charge is 0.224 e. The van der Waals surface area contributed by atoms with Crippen LogP contribution >= 0.6 is 11.6 Å². The maximum absolute atomic E-state index is 13.1. The normalized spacial score (nSPS) is 12.5. The van der Waals surface area contributed by atoms with Gasteiger partial charge in [0.1, 0.15) is 0 Å². The molecule has 0 saturated heterocycles. The number of methoxy groups -OCH3 is 1. The minimum Gasteiger partial charge on any atom is -0.384 e. The number of hydrogen-bond donors (Lipinski definition) is 1. The molecule has 4 nitrogen and oxygen atoms in total. The predicted octanol–water partition coefficient (Wildman–Crippen LogP) is 1.96. The number of halogens is 2. The molecule has 1 unspecified atom stereocenters. The molecule has 0 aliphatic heterocycles. The van der Waals surface area contributed by atoms with Crippen molar-refractivity contribution in [1.82, 2.24) is 9.97 Å². The Morgan fingerprint density at radius 1 is 1.67 bits per heavy atom. The number of nitrogens with one attached hydrogen (secondary N) is 1. The van der Waals surface area contributed by atoms with Crippen molar-refractivity contribution in [2.45, 2.75) is 6.92 Å². The van der Waals surface area contributed by atoms with Gasteiger partial charge >= 0.3 is 0 Å². The number of aromatic nitrogens is 2. The van der Waals surface area contributed by atoms with Gasteiger partial charge in [0.15, 0.2) is 11.6 Å². The lowest BCUT2D eigenvalue weighted by Gasteiger charge is -2.12. The highest BCUT2D eigenvalue weighted by molar-refractivity contribution is 6.28. The number of anilines is 1. The van der Waals surface area contributed by atoms with Crippen molar-refractivity contribution in [2.24, 2.45) is 5.92 Å². The molecule has 1 rings (SSSR count). The molecule has 0 amide bonds.